The van der Waals surface area contributed by atoms with E-state index in [9.17, 15) is 0 Å². The zero-order valence-electron chi connectivity index (χ0n) is 11.0. The Morgan fingerprint density at radius 2 is 1.95 bits per heavy atom. The molecule has 0 aliphatic rings. The summed E-state index contributed by atoms with van der Waals surface area (Å²) in [4.78, 5) is 0. The highest BCUT2D eigenvalue weighted by molar-refractivity contribution is 7.80. The van der Waals surface area contributed by atoms with Crippen LogP contribution in [-0.2, 0) is 0 Å². The molecule has 4 nitrogen and oxygen atoms in total. The van der Waals surface area contributed by atoms with E-state index in [0.29, 0.717) is 0 Å². The van der Waals surface area contributed by atoms with E-state index in [0.717, 1.165) is 22.4 Å². The lowest BCUT2D eigenvalue weighted by molar-refractivity contribution is 0.415. The summed E-state index contributed by atoms with van der Waals surface area (Å²) >= 11 is 4.68. The number of ether oxygens (including phenoxy) is 1. The van der Waals surface area contributed by atoms with E-state index in [1.165, 1.54) is 0 Å². The molecule has 0 bridgehead atoms. The summed E-state index contributed by atoms with van der Waals surface area (Å²) in [6.07, 6.45) is 1.67. The molecule has 0 saturated carbocycles. The lowest BCUT2D eigenvalue weighted by atomic mass is 10.0. The molecule has 2 rings (SSSR count). The molecule has 0 fully saturated rings. The number of nitrogens with two attached hydrogens (primary N) is 1. The third-order valence-corrected chi connectivity index (χ3v) is 2.79. The van der Waals surface area contributed by atoms with Crippen LogP contribution in [0.15, 0.2) is 53.6 Å². The Kier molecular flexibility index (Phi) is 4.68. The average molecular weight is 285 g/mol. The number of nitrogens with one attached hydrogen (secondary N) is 1. The molecule has 0 atom stereocenters. The summed E-state index contributed by atoms with van der Waals surface area (Å²) < 4.78 is 5.15. The fourth-order valence-electron chi connectivity index (χ4n) is 1.75. The van der Waals surface area contributed by atoms with Gasteiger partial charge in [0.15, 0.2) is 5.11 Å². The van der Waals surface area contributed by atoms with Gasteiger partial charge in [-0.25, -0.2) is 0 Å². The second-order valence-electron chi connectivity index (χ2n) is 4.09. The van der Waals surface area contributed by atoms with Gasteiger partial charge in [0.2, 0.25) is 0 Å². The van der Waals surface area contributed by atoms with Crippen molar-refractivity contribution in [3.05, 3.63) is 54.1 Å². The highest BCUT2D eigenvalue weighted by Crippen LogP contribution is 2.22. The third-order valence-electron chi connectivity index (χ3n) is 2.70. The van der Waals surface area contributed by atoms with E-state index in [1.807, 2.05) is 48.5 Å². The molecule has 0 spiro atoms. The van der Waals surface area contributed by atoms with Crippen molar-refractivity contribution < 1.29 is 4.74 Å². The maximum atomic E-state index is 5.30. The Morgan fingerprint density at radius 1 is 1.20 bits per heavy atom. The first-order chi connectivity index (χ1) is 9.69. The highest BCUT2D eigenvalue weighted by atomic mass is 32.1. The van der Waals surface area contributed by atoms with Crippen molar-refractivity contribution in [3.8, 4) is 16.9 Å². The number of hydrogen-bond acceptors (Lipinski definition) is 3. The molecule has 102 valence electrons. The summed E-state index contributed by atoms with van der Waals surface area (Å²) in [7, 11) is 1.65. The standard InChI is InChI=1S/C15H15N3OS/c1-19-14-7-5-12(6-8-14)13-4-2-3-11(9-13)10-17-18-15(16)20/h2-10H,1H3,(H3,16,18,20). The summed E-state index contributed by atoms with van der Waals surface area (Å²) in [5, 5.41) is 4.09. The van der Waals surface area contributed by atoms with E-state index < -0.39 is 0 Å². The minimum absolute atomic E-state index is 0.146. The Hall–Kier alpha value is -2.40. The van der Waals surface area contributed by atoms with Crippen LogP contribution >= 0.6 is 12.2 Å². The SMILES string of the molecule is COc1ccc(-c2cccc(C=NNC(N)=S)c2)cc1. The Bertz CT molecular complexity index is 623. The van der Waals surface area contributed by atoms with Gasteiger partial charge >= 0.3 is 0 Å². The molecule has 0 aliphatic carbocycles. The van der Waals surface area contributed by atoms with Crippen LogP contribution in [0.1, 0.15) is 5.56 Å². The predicted molar refractivity (Wildman–Crippen MR) is 85.9 cm³/mol. The van der Waals surface area contributed by atoms with Crippen LogP contribution in [0, 0.1) is 0 Å². The molecule has 20 heavy (non-hydrogen) atoms. The number of hydrogen-bond donors (Lipinski definition) is 2. The monoisotopic (exact) mass is 285 g/mol. The molecule has 2 aromatic rings. The molecule has 0 aromatic heterocycles. The summed E-state index contributed by atoms with van der Waals surface area (Å²) in [6, 6.07) is 15.9. The molecule has 0 aliphatic heterocycles. The normalized spacial score (nSPS) is 10.4. The lowest BCUT2D eigenvalue weighted by Gasteiger charge is -2.04. The molecule has 0 unspecified atom stereocenters. The van der Waals surface area contributed by atoms with Gasteiger partial charge in [-0.15, -0.1) is 0 Å². The maximum absolute atomic E-state index is 5.30. The predicted octanol–water partition coefficient (Wildman–Crippen LogP) is 2.53. The molecular formula is C15H15N3OS. The third kappa shape index (κ3) is 3.80. The van der Waals surface area contributed by atoms with Crippen LogP contribution in [0.5, 0.6) is 5.75 Å². The molecule has 0 heterocycles. The number of thiocarbonyl (C=S) groups is 1. The molecule has 0 saturated heterocycles. The second kappa shape index (κ2) is 6.68. The fraction of sp³-hybridized carbons (Fsp3) is 0.0667. The van der Waals surface area contributed by atoms with E-state index in [2.05, 4.69) is 22.7 Å². The van der Waals surface area contributed by atoms with Gasteiger partial charge < -0.3 is 10.5 Å². The highest BCUT2D eigenvalue weighted by Gasteiger charge is 1.99. The zero-order valence-corrected chi connectivity index (χ0v) is 11.9. The van der Waals surface area contributed by atoms with E-state index >= 15 is 0 Å². The van der Waals surface area contributed by atoms with Crippen LogP contribution < -0.4 is 15.9 Å². The Labute approximate surface area is 123 Å². The minimum atomic E-state index is 0.146. The smallest absolute Gasteiger partial charge is 0.184 e. The van der Waals surface area contributed by atoms with E-state index in [4.69, 9.17) is 10.5 Å². The van der Waals surface area contributed by atoms with Crippen LogP contribution in [0.3, 0.4) is 0 Å². The maximum Gasteiger partial charge on any atom is 0.184 e. The van der Waals surface area contributed by atoms with Gasteiger partial charge in [0, 0.05) is 0 Å². The van der Waals surface area contributed by atoms with Gasteiger partial charge in [0.25, 0.3) is 0 Å². The quantitative estimate of drug-likeness (QED) is 0.515. The first-order valence-corrected chi connectivity index (χ1v) is 6.43. The number of benzene rings is 2. The molecule has 0 radical (unpaired) electrons. The summed E-state index contributed by atoms with van der Waals surface area (Å²) in [5.74, 6) is 0.840. The van der Waals surface area contributed by atoms with Crippen LogP contribution in [0.4, 0.5) is 0 Å². The number of methoxy groups -OCH3 is 1. The van der Waals surface area contributed by atoms with Crippen molar-refractivity contribution in [2.24, 2.45) is 10.8 Å². The first kappa shape index (κ1) is 14.0. The van der Waals surface area contributed by atoms with Crippen LogP contribution in [-0.4, -0.2) is 18.4 Å². The number of rotatable bonds is 4. The minimum Gasteiger partial charge on any atom is -0.497 e. The van der Waals surface area contributed by atoms with Gasteiger partial charge in [-0.1, -0.05) is 30.3 Å². The average Bonchev–Trinajstić information content (AvgIpc) is 2.47. The van der Waals surface area contributed by atoms with Gasteiger partial charge in [0.1, 0.15) is 5.75 Å². The second-order valence-corrected chi connectivity index (χ2v) is 4.53. The van der Waals surface area contributed by atoms with Gasteiger partial charge in [-0.3, -0.25) is 5.43 Å². The van der Waals surface area contributed by atoms with Gasteiger partial charge in [-0.2, -0.15) is 5.10 Å². The molecule has 0 amide bonds. The molecule has 3 N–H and O–H groups in total. The number of hydrazone groups is 1. The lowest BCUT2D eigenvalue weighted by Crippen LogP contribution is -2.23. The zero-order chi connectivity index (χ0) is 14.4. The van der Waals surface area contributed by atoms with Crippen molar-refractivity contribution >= 4 is 23.5 Å². The van der Waals surface area contributed by atoms with Crippen molar-refractivity contribution in [2.75, 3.05) is 7.11 Å². The summed E-state index contributed by atoms with van der Waals surface area (Å²) in [6.45, 7) is 0. The van der Waals surface area contributed by atoms with Crippen molar-refractivity contribution in [1.82, 2.24) is 5.43 Å². The number of nitrogens with zero attached hydrogens (tertiary/aromatic N) is 1. The first-order valence-electron chi connectivity index (χ1n) is 6.02. The molecular weight excluding hydrogens is 270 g/mol. The van der Waals surface area contributed by atoms with Crippen molar-refractivity contribution in [2.45, 2.75) is 0 Å². The van der Waals surface area contributed by atoms with Gasteiger partial charge in [0.05, 0.1) is 13.3 Å². The Morgan fingerprint density at radius 3 is 2.60 bits per heavy atom. The van der Waals surface area contributed by atoms with Crippen LogP contribution in [0.2, 0.25) is 0 Å². The van der Waals surface area contributed by atoms with E-state index in [-0.39, 0.29) is 5.11 Å². The largest absolute Gasteiger partial charge is 0.497 e. The van der Waals surface area contributed by atoms with Gasteiger partial charge in [-0.05, 0) is 47.1 Å². The van der Waals surface area contributed by atoms with Crippen molar-refractivity contribution in [1.29, 1.82) is 0 Å². The fourth-order valence-corrected chi connectivity index (χ4v) is 1.81. The van der Waals surface area contributed by atoms with E-state index in [1.54, 1.807) is 13.3 Å². The summed E-state index contributed by atoms with van der Waals surface area (Å²) in [5.41, 5.74) is 11.0. The molecule has 5 heteroatoms. The van der Waals surface area contributed by atoms with Crippen LogP contribution in [0.25, 0.3) is 11.1 Å². The topological polar surface area (TPSA) is 59.6 Å². The Balaban J connectivity index is 2.20. The molecule has 2 aromatic carbocycles. The van der Waals surface area contributed by atoms with Crippen molar-refractivity contribution in [3.63, 3.8) is 0 Å².